The van der Waals surface area contributed by atoms with Gasteiger partial charge in [-0.05, 0) is 80.2 Å². The standard InChI is InChI=1S/C29H29ClN4O3S/c1-18-16-21(19(2)33(18)24-9-4-5-10-25(24)35)28-27(23-8-6-7-13-31-23)32-29(38)34(28)20-11-12-26(22(30)17-20)37-15-14-36-3/h4-13,16-17,27-28,35H,14-15H2,1-3H3,(H,32,38)/t27-,28+/m1/s1. The van der Waals surface area contributed by atoms with Gasteiger partial charge in [-0.2, -0.15) is 0 Å². The first kappa shape index (κ1) is 26.0. The van der Waals surface area contributed by atoms with E-state index in [1.54, 1.807) is 19.4 Å². The van der Waals surface area contributed by atoms with Crippen molar-refractivity contribution in [2.75, 3.05) is 25.2 Å². The zero-order chi connectivity index (χ0) is 26.8. The number of benzene rings is 2. The molecule has 196 valence electrons. The van der Waals surface area contributed by atoms with Gasteiger partial charge in [0.2, 0.25) is 0 Å². The van der Waals surface area contributed by atoms with E-state index in [0.29, 0.717) is 29.1 Å². The molecule has 1 fully saturated rings. The topological polar surface area (TPSA) is 71.8 Å². The Kier molecular flexibility index (Phi) is 7.56. The van der Waals surface area contributed by atoms with Gasteiger partial charge < -0.3 is 29.4 Å². The summed E-state index contributed by atoms with van der Waals surface area (Å²) in [6, 6.07) is 20.6. The number of thiocarbonyl (C=S) groups is 1. The van der Waals surface area contributed by atoms with Crippen LogP contribution in [-0.2, 0) is 4.74 Å². The second-order valence-electron chi connectivity index (χ2n) is 9.10. The molecule has 7 nitrogen and oxygen atoms in total. The van der Waals surface area contributed by atoms with Crippen molar-refractivity contribution in [1.29, 1.82) is 0 Å². The summed E-state index contributed by atoms with van der Waals surface area (Å²) in [6.07, 6.45) is 1.79. The summed E-state index contributed by atoms with van der Waals surface area (Å²) in [7, 11) is 1.63. The van der Waals surface area contributed by atoms with Gasteiger partial charge in [0.1, 0.15) is 18.1 Å². The van der Waals surface area contributed by atoms with Crippen molar-refractivity contribution in [3.8, 4) is 17.2 Å². The lowest BCUT2D eigenvalue weighted by Gasteiger charge is -2.28. The summed E-state index contributed by atoms with van der Waals surface area (Å²) in [4.78, 5) is 6.73. The van der Waals surface area contributed by atoms with Gasteiger partial charge in [-0.3, -0.25) is 4.98 Å². The van der Waals surface area contributed by atoms with Crippen molar-refractivity contribution >= 4 is 34.6 Å². The number of hydrogen-bond donors (Lipinski definition) is 2. The number of phenolic OH excluding ortho intramolecular Hbond substituents is 1. The fraction of sp³-hybridized carbons (Fsp3) is 0.241. The molecule has 2 aromatic carbocycles. The van der Waals surface area contributed by atoms with Crippen molar-refractivity contribution in [1.82, 2.24) is 14.9 Å². The number of aryl methyl sites for hydroxylation is 1. The van der Waals surface area contributed by atoms with E-state index < -0.39 is 0 Å². The molecule has 9 heteroatoms. The molecule has 38 heavy (non-hydrogen) atoms. The second-order valence-corrected chi connectivity index (χ2v) is 9.90. The van der Waals surface area contributed by atoms with Crippen LogP contribution in [0.25, 0.3) is 5.69 Å². The van der Waals surface area contributed by atoms with E-state index in [9.17, 15) is 5.11 Å². The molecule has 2 N–H and O–H groups in total. The Hall–Kier alpha value is -3.59. The highest BCUT2D eigenvalue weighted by Gasteiger charge is 2.42. The maximum Gasteiger partial charge on any atom is 0.174 e. The molecule has 1 aliphatic heterocycles. The smallest absolute Gasteiger partial charge is 0.174 e. The summed E-state index contributed by atoms with van der Waals surface area (Å²) in [5.74, 6) is 0.802. The van der Waals surface area contributed by atoms with E-state index in [0.717, 1.165) is 34.0 Å². The Morgan fingerprint density at radius 3 is 2.55 bits per heavy atom. The van der Waals surface area contributed by atoms with Crippen LogP contribution in [0.4, 0.5) is 5.69 Å². The molecule has 0 amide bonds. The number of aromatic hydroxyl groups is 1. The van der Waals surface area contributed by atoms with Crippen LogP contribution in [0, 0.1) is 13.8 Å². The van der Waals surface area contributed by atoms with Crippen LogP contribution in [0.1, 0.15) is 34.7 Å². The molecule has 0 unspecified atom stereocenters. The Balaban J connectivity index is 1.61. The first-order valence-corrected chi connectivity index (χ1v) is 13.1. The van der Waals surface area contributed by atoms with E-state index in [-0.39, 0.29) is 17.8 Å². The molecule has 1 aliphatic rings. The SMILES string of the molecule is COCCOc1ccc(N2C(=S)N[C@H](c3ccccn3)[C@@H]2c2cc(C)n(-c3ccccc3O)c2C)cc1Cl. The lowest BCUT2D eigenvalue weighted by molar-refractivity contribution is 0.146. The lowest BCUT2D eigenvalue weighted by Crippen LogP contribution is -2.29. The highest BCUT2D eigenvalue weighted by Crippen LogP contribution is 2.45. The molecular formula is C29H29ClN4O3S. The van der Waals surface area contributed by atoms with Gasteiger partial charge in [0.15, 0.2) is 5.11 Å². The van der Waals surface area contributed by atoms with Crippen molar-refractivity contribution in [3.05, 3.63) is 101 Å². The van der Waals surface area contributed by atoms with Crippen LogP contribution in [0.5, 0.6) is 11.5 Å². The first-order valence-electron chi connectivity index (χ1n) is 12.3. The molecule has 1 saturated heterocycles. The number of nitrogens with zero attached hydrogens (tertiary/aromatic N) is 3. The molecule has 2 aromatic heterocycles. The minimum absolute atomic E-state index is 0.210. The summed E-state index contributed by atoms with van der Waals surface area (Å²) in [6.45, 7) is 4.97. The lowest BCUT2D eigenvalue weighted by atomic mass is 9.96. The molecule has 5 rings (SSSR count). The van der Waals surface area contributed by atoms with Crippen LogP contribution in [0.15, 0.2) is 72.9 Å². The number of aromatic nitrogens is 2. The van der Waals surface area contributed by atoms with Crippen molar-refractivity contribution in [3.63, 3.8) is 0 Å². The van der Waals surface area contributed by atoms with Crippen molar-refractivity contribution < 1.29 is 14.6 Å². The van der Waals surface area contributed by atoms with Gasteiger partial charge in [0.25, 0.3) is 0 Å². The fourth-order valence-corrected chi connectivity index (χ4v) is 5.63. The van der Waals surface area contributed by atoms with Crippen LogP contribution in [0.3, 0.4) is 0 Å². The molecule has 3 heterocycles. The highest BCUT2D eigenvalue weighted by atomic mass is 35.5. The Morgan fingerprint density at radius 2 is 1.84 bits per heavy atom. The summed E-state index contributed by atoms with van der Waals surface area (Å²) >= 11 is 12.5. The Morgan fingerprint density at radius 1 is 1.05 bits per heavy atom. The summed E-state index contributed by atoms with van der Waals surface area (Å²) in [5, 5.41) is 15.2. The maximum absolute atomic E-state index is 10.6. The van der Waals surface area contributed by atoms with E-state index in [2.05, 4.69) is 32.8 Å². The Labute approximate surface area is 232 Å². The third kappa shape index (κ3) is 4.82. The van der Waals surface area contributed by atoms with Crippen LogP contribution >= 0.6 is 23.8 Å². The fourth-order valence-electron chi connectivity index (χ4n) is 5.05. The number of anilines is 1. The van der Waals surface area contributed by atoms with Crippen LogP contribution in [-0.4, -0.2) is 40.1 Å². The zero-order valence-corrected chi connectivity index (χ0v) is 23.0. The second kappa shape index (κ2) is 11.0. The van der Waals surface area contributed by atoms with E-state index in [1.807, 2.05) is 61.5 Å². The minimum atomic E-state index is -0.223. The monoisotopic (exact) mass is 548 g/mol. The molecule has 0 bridgehead atoms. The van der Waals surface area contributed by atoms with Crippen LogP contribution in [0.2, 0.25) is 5.02 Å². The maximum atomic E-state index is 10.6. The zero-order valence-electron chi connectivity index (χ0n) is 21.4. The van der Waals surface area contributed by atoms with Gasteiger partial charge in [-0.15, -0.1) is 0 Å². The summed E-state index contributed by atoms with van der Waals surface area (Å²) in [5.41, 5.74) is 5.49. The average Bonchev–Trinajstić information content (AvgIpc) is 3.41. The molecule has 0 spiro atoms. The third-order valence-corrected chi connectivity index (χ3v) is 7.36. The van der Waals surface area contributed by atoms with Crippen LogP contribution < -0.4 is 15.0 Å². The number of methoxy groups -OCH3 is 1. The number of ether oxygens (including phenoxy) is 2. The molecular weight excluding hydrogens is 520 g/mol. The number of rotatable bonds is 8. The first-order chi connectivity index (χ1) is 18.4. The highest BCUT2D eigenvalue weighted by molar-refractivity contribution is 7.80. The summed E-state index contributed by atoms with van der Waals surface area (Å²) < 4.78 is 12.9. The van der Waals surface area contributed by atoms with Gasteiger partial charge >= 0.3 is 0 Å². The molecule has 4 aromatic rings. The number of pyridine rings is 1. The number of phenols is 1. The minimum Gasteiger partial charge on any atom is -0.506 e. The van der Waals surface area contributed by atoms with Crippen molar-refractivity contribution in [2.45, 2.75) is 25.9 Å². The average molecular weight is 549 g/mol. The number of para-hydroxylation sites is 2. The van der Waals surface area contributed by atoms with E-state index in [1.165, 1.54) is 0 Å². The van der Waals surface area contributed by atoms with E-state index >= 15 is 0 Å². The largest absolute Gasteiger partial charge is 0.506 e. The molecule has 0 aliphatic carbocycles. The predicted octanol–water partition coefficient (Wildman–Crippen LogP) is 6.05. The molecule has 2 atom stereocenters. The molecule has 0 saturated carbocycles. The van der Waals surface area contributed by atoms with Gasteiger partial charge in [-0.1, -0.05) is 29.8 Å². The van der Waals surface area contributed by atoms with Gasteiger partial charge in [0.05, 0.1) is 35.1 Å². The number of halogens is 1. The normalized spacial score (nSPS) is 17.1. The third-order valence-electron chi connectivity index (χ3n) is 6.75. The number of nitrogens with one attached hydrogen (secondary N) is 1. The Bertz CT molecular complexity index is 1460. The predicted molar refractivity (Wildman–Crippen MR) is 154 cm³/mol. The van der Waals surface area contributed by atoms with Gasteiger partial charge in [0, 0.05) is 30.4 Å². The number of hydrogen-bond acceptors (Lipinski definition) is 5. The quantitative estimate of drug-likeness (QED) is 0.205. The van der Waals surface area contributed by atoms with E-state index in [4.69, 9.17) is 33.3 Å². The van der Waals surface area contributed by atoms with Crippen molar-refractivity contribution in [2.24, 2.45) is 0 Å². The van der Waals surface area contributed by atoms with Gasteiger partial charge in [-0.25, -0.2) is 0 Å². The molecule has 0 radical (unpaired) electrons.